The Balaban J connectivity index is 2.42. The molecule has 0 atom stereocenters. The standard InChI is InChI=1S/C10H19N3O2/c1-4-11-6-5-7-13-8(14)10(2,3)12-9(13)15/h11H,4-7H2,1-3H3,(H,12,15). The maximum absolute atomic E-state index is 11.7. The molecule has 1 fully saturated rings. The normalized spacial score (nSPS) is 19.5. The van der Waals surface area contributed by atoms with E-state index < -0.39 is 5.54 Å². The van der Waals surface area contributed by atoms with E-state index in [0.717, 1.165) is 19.5 Å². The van der Waals surface area contributed by atoms with E-state index in [4.69, 9.17) is 0 Å². The van der Waals surface area contributed by atoms with E-state index in [2.05, 4.69) is 10.6 Å². The molecule has 0 aromatic carbocycles. The van der Waals surface area contributed by atoms with Crippen LogP contribution in [0.1, 0.15) is 27.2 Å². The first-order valence-corrected chi connectivity index (χ1v) is 5.34. The molecule has 0 bridgehead atoms. The minimum Gasteiger partial charge on any atom is -0.324 e. The van der Waals surface area contributed by atoms with E-state index >= 15 is 0 Å². The van der Waals surface area contributed by atoms with Crippen molar-refractivity contribution >= 4 is 11.9 Å². The Labute approximate surface area is 90.2 Å². The lowest BCUT2D eigenvalue weighted by Crippen LogP contribution is -2.40. The van der Waals surface area contributed by atoms with Crippen LogP contribution in [0, 0.1) is 0 Å². The zero-order valence-corrected chi connectivity index (χ0v) is 9.59. The Morgan fingerprint density at radius 2 is 2.07 bits per heavy atom. The Bertz CT molecular complexity index is 263. The van der Waals surface area contributed by atoms with Crippen molar-refractivity contribution in [3.05, 3.63) is 0 Å². The fourth-order valence-corrected chi connectivity index (χ4v) is 1.56. The molecule has 3 amide bonds. The molecule has 15 heavy (non-hydrogen) atoms. The van der Waals surface area contributed by atoms with Crippen LogP contribution in [-0.4, -0.2) is 42.0 Å². The molecular weight excluding hydrogens is 194 g/mol. The molecule has 2 N–H and O–H groups in total. The molecule has 86 valence electrons. The summed E-state index contributed by atoms with van der Waals surface area (Å²) in [5, 5.41) is 5.80. The van der Waals surface area contributed by atoms with E-state index in [9.17, 15) is 9.59 Å². The molecule has 1 aliphatic heterocycles. The zero-order chi connectivity index (χ0) is 11.5. The largest absolute Gasteiger partial charge is 0.325 e. The van der Waals surface area contributed by atoms with Gasteiger partial charge in [0, 0.05) is 6.54 Å². The molecule has 0 aliphatic carbocycles. The lowest BCUT2D eigenvalue weighted by molar-refractivity contribution is -0.130. The highest BCUT2D eigenvalue weighted by Gasteiger charge is 2.43. The van der Waals surface area contributed by atoms with Gasteiger partial charge in [0.2, 0.25) is 0 Å². The summed E-state index contributed by atoms with van der Waals surface area (Å²) < 4.78 is 0. The van der Waals surface area contributed by atoms with Crippen LogP contribution in [0.15, 0.2) is 0 Å². The van der Waals surface area contributed by atoms with Crippen LogP contribution in [0.3, 0.4) is 0 Å². The summed E-state index contributed by atoms with van der Waals surface area (Å²) in [5.41, 5.74) is -0.741. The highest BCUT2D eigenvalue weighted by atomic mass is 16.2. The Kier molecular flexibility index (Phi) is 3.68. The Hall–Kier alpha value is -1.10. The molecule has 5 heteroatoms. The second kappa shape index (κ2) is 4.61. The van der Waals surface area contributed by atoms with Gasteiger partial charge in [-0.15, -0.1) is 0 Å². The van der Waals surface area contributed by atoms with Crippen LogP contribution in [0.4, 0.5) is 4.79 Å². The monoisotopic (exact) mass is 213 g/mol. The number of carbonyl (C=O) groups excluding carboxylic acids is 2. The fourth-order valence-electron chi connectivity index (χ4n) is 1.56. The molecule has 0 unspecified atom stereocenters. The van der Waals surface area contributed by atoms with E-state index in [-0.39, 0.29) is 11.9 Å². The summed E-state index contributed by atoms with van der Waals surface area (Å²) in [6.45, 7) is 7.69. The van der Waals surface area contributed by atoms with E-state index in [1.54, 1.807) is 13.8 Å². The van der Waals surface area contributed by atoms with Gasteiger partial charge in [-0.05, 0) is 33.4 Å². The van der Waals surface area contributed by atoms with Crippen molar-refractivity contribution in [1.29, 1.82) is 0 Å². The van der Waals surface area contributed by atoms with Crippen molar-refractivity contribution < 1.29 is 9.59 Å². The average molecular weight is 213 g/mol. The first-order valence-electron chi connectivity index (χ1n) is 5.34. The van der Waals surface area contributed by atoms with E-state index in [1.807, 2.05) is 6.92 Å². The first kappa shape index (κ1) is 12.0. The van der Waals surface area contributed by atoms with Crippen molar-refractivity contribution in [2.24, 2.45) is 0 Å². The minimum absolute atomic E-state index is 0.135. The number of urea groups is 1. The van der Waals surface area contributed by atoms with Gasteiger partial charge >= 0.3 is 6.03 Å². The van der Waals surface area contributed by atoms with E-state index in [1.165, 1.54) is 4.90 Å². The minimum atomic E-state index is -0.741. The average Bonchev–Trinajstić information content (AvgIpc) is 2.33. The van der Waals surface area contributed by atoms with Gasteiger partial charge in [-0.1, -0.05) is 6.92 Å². The van der Waals surface area contributed by atoms with Gasteiger partial charge in [0.15, 0.2) is 0 Å². The molecule has 0 aromatic rings. The van der Waals surface area contributed by atoms with Crippen LogP contribution in [0.25, 0.3) is 0 Å². The molecular formula is C10H19N3O2. The van der Waals surface area contributed by atoms with Gasteiger partial charge in [-0.25, -0.2) is 4.79 Å². The summed E-state index contributed by atoms with van der Waals surface area (Å²) in [6.07, 6.45) is 0.795. The van der Waals surface area contributed by atoms with Crippen LogP contribution >= 0.6 is 0 Å². The molecule has 0 saturated carbocycles. The van der Waals surface area contributed by atoms with Crippen molar-refractivity contribution in [1.82, 2.24) is 15.5 Å². The van der Waals surface area contributed by atoms with E-state index in [0.29, 0.717) is 6.54 Å². The van der Waals surface area contributed by atoms with Crippen molar-refractivity contribution in [2.75, 3.05) is 19.6 Å². The quantitative estimate of drug-likeness (QED) is 0.510. The second-order valence-electron chi connectivity index (χ2n) is 4.22. The lowest BCUT2D eigenvalue weighted by atomic mass is 10.1. The smallest absolute Gasteiger partial charge is 0.324 e. The summed E-state index contributed by atoms with van der Waals surface area (Å²) in [5.74, 6) is -0.135. The SMILES string of the molecule is CCNCCCN1C(=O)NC(C)(C)C1=O. The Morgan fingerprint density at radius 1 is 1.40 bits per heavy atom. The van der Waals surface area contributed by atoms with Crippen LogP contribution in [0.5, 0.6) is 0 Å². The van der Waals surface area contributed by atoms with Crippen LogP contribution < -0.4 is 10.6 Å². The van der Waals surface area contributed by atoms with Gasteiger partial charge in [-0.2, -0.15) is 0 Å². The molecule has 1 saturated heterocycles. The predicted molar refractivity (Wildman–Crippen MR) is 57.5 cm³/mol. The molecule has 0 aromatic heterocycles. The number of hydrogen-bond acceptors (Lipinski definition) is 3. The molecule has 1 aliphatic rings. The number of imide groups is 1. The highest BCUT2D eigenvalue weighted by Crippen LogP contribution is 2.16. The topological polar surface area (TPSA) is 61.4 Å². The van der Waals surface area contributed by atoms with Gasteiger partial charge < -0.3 is 10.6 Å². The van der Waals surface area contributed by atoms with Crippen LogP contribution in [-0.2, 0) is 4.79 Å². The predicted octanol–water partition coefficient (Wildman–Crippen LogP) is 0.316. The summed E-state index contributed by atoms with van der Waals surface area (Å²) in [6, 6.07) is -0.276. The van der Waals surface area contributed by atoms with Crippen molar-refractivity contribution in [2.45, 2.75) is 32.7 Å². The Morgan fingerprint density at radius 3 is 2.53 bits per heavy atom. The van der Waals surface area contributed by atoms with Gasteiger partial charge in [0.1, 0.15) is 5.54 Å². The fraction of sp³-hybridized carbons (Fsp3) is 0.800. The highest BCUT2D eigenvalue weighted by molar-refractivity contribution is 6.06. The van der Waals surface area contributed by atoms with Gasteiger partial charge in [-0.3, -0.25) is 9.69 Å². The summed E-state index contributed by atoms with van der Waals surface area (Å²) in [7, 11) is 0. The van der Waals surface area contributed by atoms with Gasteiger partial charge in [0.05, 0.1) is 0 Å². The zero-order valence-electron chi connectivity index (χ0n) is 9.59. The lowest BCUT2D eigenvalue weighted by Gasteiger charge is -2.15. The van der Waals surface area contributed by atoms with Crippen molar-refractivity contribution in [3.63, 3.8) is 0 Å². The number of carbonyl (C=O) groups is 2. The third-order valence-corrected chi connectivity index (χ3v) is 2.43. The molecule has 1 heterocycles. The maximum Gasteiger partial charge on any atom is 0.325 e. The molecule has 0 spiro atoms. The molecule has 5 nitrogen and oxygen atoms in total. The number of hydrogen-bond donors (Lipinski definition) is 2. The number of amides is 3. The second-order valence-corrected chi connectivity index (χ2v) is 4.22. The number of nitrogens with one attached hydrogen (secondary N) is 2. The maximum atomic E-state index is 11.7. The summed E-state index contributed by atoms with van der Waals surface area (Å²) >= 11 is 0. The number of nitrogens with zero attached hydrogens (tertiary/aromatic N) is 1. The van der Waals surface area contributed by atoms with Crippen LogP contribution in [0.2, 0.25) is 0 Å². The van der Waals surface area contributed by atoms with Crippen molar-refractivity contribution in [3.8, 4) is 0 Å². The molecule has 0 radical (unpaired) electrons. The third kappa shape index (κ3) is 2.68. The third-order valence-electron chi connectivity index (χ3n) is 2.43. The number of rotatable bonds is 5. The van der Waals surface area contributed by atoms with Gasteiger partial charge in [0.25, 0.3) is 5.91 Å². The summed E-state index contributed by atoms with van der Waals surface area (Å²) in [4.78, 5) is 24.5. The molecule has 1 rings (SSSR count). The first-order chi connectivity index (χ1) is 6.99.